The topological polar surface area (TPSA) is 46.5 Å². The molecule has 13 heavy (non-hydrogen) atoms. The van der Waals surface area contributed by atoms with E-state index in [1.54, 1.807) is 19.1 Å². The first-order chi connectivity index (χ1) is 5.75. The van der Waals surface area contributed by atoms with Gasteiger partial charge in [-0.2, -0.15) is 0 Å². The average molecular weight is 206 g/mol. The number of carbonyl (C=O) groups is 1. The fraction of sp³-hybridized carbons (Fsp3) is 0.222. The molecule has 0 heterocycles. The molecule has 0 aromatic heterocycles. The molecule has 0 saturated heterocycles. The Labute approximate surface area is 120 Å². The second-order valence-corrected chi connectivity index (χ2v) is 2.24. The van der Waals surface area contributed by atoms with Crippen LogP contribution in [0.2, 0.25) is 0 Å². The van der Waals surface area contributed by atoms with Crippen LogP contribution in [0, 0.1) is 0 Å². The molecule has 4 heteroatoms. The van der Waals surface area contributed by atoms with E-state index in [2.05, 4.69) is 0 Å². The molecule has 3 nitrogen and oxygen atoms in total. The van der Waals surface area contributed by atoms with Crippen molar-refractivity contribution in [1.29, 1.82) is 0 Å². The maximum atomic E-state index is 11.1. The van der Waals surface area contributed by atoms with Crippen molar-refractivity contribution in [2.45, 2.75) is 6.92 Å². The van der Waals surface area contributed by atoms with Gasteiger partial charge in [0.15, 0.2) is 0 Å². The molecule has 0 bridgehead atoms. The quantitative estimate of drug-likeness (QED) is 0.578. The summed E-state index contributed by atoms with van der Waals surface area (Å²) in [5, 5.41) is 9.21. The summed E-state index contributed by atoms with van der Waals surface area (Å²) in [4.78, 5) is 11.1. The van der Waals surface area contributed by atoms with Crippen molar-refractivity contribution in [2.75, 3.05) is 6.61 Å². The summed E-state index contributed by atoms with van der Waals surface area (Å²) >= 11 is 0. The molecule has 0 radical (unpaired) electrons. The van der Waals surface area contributed by atoms with E-state index in [1.165, 1.54) is 12.1 Å². The van der Waals surface area contributed by atoms with Gasteiger partial charge in [-0.05, 0) is 19.1 Å². The molecule has 0 aliphatic rings. The van der Waals surface area contributed by atoms with Gasteiger partial charge < -0.3 is 9.84 Å². The third-order valence-corrected chi connectivity index (χ3v) is 1.40. The third kappa shape index (κ3) is 3.78. The number of benzene rings is 1. The van der Waals surface area contributed by atoms with E-state index in [0.717, 1.165) is 0 Å². The number of hydrogen-bond acceptors (Lipinski definition) is 3. The van der Waals surface area contributed by atoms with Gasteiger partial charge in [-0.1, -0.05) is 12.1 Å². The predicted molar refractivity (Wildman–Crippen MR) is 51.2 cm³/mol. The van der Waals surface area contributed by atoms with E-state index in [1.807, 2.05) is 0 Å². The van der Waals surface area contributed by atoms with Crippen LogP contribution < -0.4 is 0 Å². The normalized spacial score (nSPS) is 8.69. The molecule has 0 aliphatic heterocycles. The van der Waals surface area contributed by atoms with E-state index in [4.69, 9.17) is 4.74 Å². The number of esters is 1. The van der Waals surface area contributed by atoms with Crippen molar-refractivity contribution >= 4 is 57.4 Å². The Morgan fingerprint density at radius 3 is 2.62 bits per heavy atom. The molecule has 0 fully saturated rings. The van der Waals surface area contributed by atoms with E-state index < -0.39 is 5.97 Å². The van der Waals surface area contributed by atoms with E-state index in [0.29, 0.717) is 6.61 Å². The first-order valence-corrected chi connectivity index (χ1v) is 3.70. The number of phenols is 1. The second-order valence-electron chi connectivity index (χ2n) is 2.24. The Kier molecular flexibility index (Phi) is 6.62. The van der Waals surface area contributed by atoms with Crippen LogP contribution in [0.15, 0.2) is 24.3 Å². The van der Waals surface area contributed by atoms with Crippen LogP contribution in [0.4, 0.5) is 0 Å². The van der Waals surface area contributed by atoms with Gasteiger partial charge in [0, 0.05) is 0 Å². The Hall–Kier alpha value is 0.126. The summed E-state index contributed by atoms with van der Waals surface area (Å²) in [5.41, 5.74) is 0.208. The zero-order valence-electron chi connectivity index (χ0n) is 6.78. The van der Waals surface area contributed by atoms with E-state index >= 15 is 0 Å². The van der Waals surface area contributed by atoms with Gasteiger partial charge in [-0.3, -0.25) is 0 Å². The molecule has 1 aromatic rings. The Morgan fingerprint density at radius 1 is 1.46 bits per heavy atom. The van der Waals surface area contributed by atoms with Crippen LogP contribution in [-0.4, -0.2) is 69.1 Å². The molecule has 1 rings (SSSR count). The van der Waals surface area contributed by atoms with Gasteiger partial charge in [0.05, 0.1) is 6.61 Å². The maximum absolute atomic E-state index is 11.1. The second kappa shape index (κ2) is 6.56. The van der Waals surface area contributed by atoms with Crippen LogP contribution in [-0.2, 0) is 4.74 Å². The molecular weight excluding hydrogens is 195 g/mol. The van der Waals surface area contributed by atoms with Crippen molar-refractivity contribution in [2.24, 2.45) is 0 Å². The molecule has 1 N–H and O–H groups in total. The first-order valence-electron chi connectivity index (χ1n) is 3.70. The Morgan fingerprint density at radius 2 is 2.08 bits per heavy atom. The van der Waals surface area contributed by atoms with E-state index in [-0.39, 0.29) is 62.7 Å². The fourth-order valence-electron chi connectivity index (χ4n) is 0.855. The zero-order valence-corrected chi connectivity index (χ0v) is 6.78. The van der Waals surface area contributed by atoms with Gasteiger partial charge in [0.1, 0.15) is 11.3 Å². The molecular formula is C9H11KO3. The van der Waals surface area contributed by atoms with Crippen LogP contribution in [0.3, 0.4) is 0 Å². The third-order valence-electron chi connectivity index (χ3n) is 1.40. The molecule has 0 aliphatic carbocycles. The summed E-state index contributed by atoms with van der Waals surface area (Å²) in [6, 6.07) is 6.30. The minimum atomic E-state index is -0.490. The van der Waals surface area contributed by atoms with Crippen molar-refractivity contribution < 1.29 is 14.6 Å². The molecule has 1 aromatic carbocycles. The van der Waals surface area contributed by atoms with Crippen LogP contribution in [0.5, 0.6) is 5.75 Å². The molecule has 0 amide bonds. The molecule has 0 saturated carbocycles. The zero-order chi connectivity index (χ0) is 8.97. The molecule has 66 valence electrons. The number of aromatic hydroxyl groups is 1. The number of hydrogen-bond donors (Lipinski definition) is 1. The number of rotatable bonds is 2. The Balaban J connectivity index is 0.00000144. The molecule has 0 atom stereocenters. The van der Waals surface area contributed by atoms with Crippen LogP contribution in [0.1, 0.15) is 17.3 Å². The molecule has 0 spiro atoms. The SMILES string of the molecule is CCOC(=O)c1ccccc1O.[KH]. The standard InChI is InChI=1S/C9H10O3.K.H/c1-2-12-9(11)7-5-3-4-6-8(7)10;;/h3-6,10H,2H2,1H3;;. The van der Waals surface area contributed by atoms with Crippen molar-refractivity contribution in [3.8, 4) is 5.75 Å². The summed E-state index contributed by atoms with van der Waals surface area (Å²) in [6.45, 7) is 2.03. The van der Waals surface area contributed by atoms with Gasteiger partial charge in [0.2, 0.25) is 0 Å². The summed E-state index contributed by atoms with van der Waals surface area (Å²) in [6.07, 6.45) is 0. The fourth-order valence-corrected chi connectivity index (χ4v) is 0.855. The number of para-hydroxylation sites is 1. The van der Waals surface area contributed by atoms with Gasteiger partial charge in [0.25, 0.3) is 0 Å². The number of ether oxygens (including phenoxy) is 1. The molecule has 0 unspecified atom stereocenters. The summed E-state index contributed by atoms with van der Waals surface area (Å²) < 4.78 is 4.71. The monoisotopic (exact) mass is 206 g/mol. The average Bonchev–Trinajstić information content (AvgIpc) is 2.05. The van der Waals surface area contributed by atoms with Gasteiger partial charge >= 0.3 is 57.4 Å². The van der Waals surface area contributed by atoms with E-state index in [9.17, 15) is 9.90 Å². The van der Waals surface area contributed by atoms with Crippen LogP contribution in [0.25, 0.3) is 0 Å². The van der Waals surface area contributed by atoms with Gasteiger partial charge in [-0.25, -0.2) is 4.79 Å². The summed E-state index contributed by atoms with van der Waals surface area (Å²) in [5.74, 6) is -0.536. The Bertz CT molecular complexity index is 286. The van der Waals surface area contributed by atoms with Crippen molar-refractivity contribution in [3.63, 3.8) is 0 Å². The summed E-state index contributed by atoms with van der Waals surface area (Å²) in [7, 11) is 0. The number of phenolic OH excluding ortho intramolecular Hbond substituents is 1. The van der Waals surface area contributed by atoms with Crippen LogP contribution >= 0.6 is 0 Å². The first kappa shape index (κ1) is 13.1. The predicted octanol–water partition coefficient (Wildman–Crippen LogP) is 0.920. The van der Waals surface area contributed by atoms with Crippen molar-refractivity contribution in [1.82, 2.24) is 0 Å². The van der Waals surface area contributed by atoms with Crippen molar-refractivity contribution in [3.05, 3.63) is 29.8 Å². The van der Waals surface area contributed by atoms with Gasteiger partial charge in [-0.15, -0.1) is 0 Å². The minimum absolute atomic E-state index is 0. The number of carbonyl (C=O) groups excluding carboxylic acids is 1.